The van der Waals surface area contributed by atoms with Crippen molar-refractivity contribution in [2.75, 3.05) is 25.6 Å². The summed E-state index contributed by atoms with van der Waals surface area (Å²) in [4.78, 5) is 17.6. The topological polar surface area (TPSA) is 74.6 Å². The molecule has 2 aromatic carbocycles. The normalized spacial score (nSPS) is 15.3. The van der Waals surface area contributed by atoms with Gasteiger partial charge in [0.1, 0.15) is 0 Å². The second kappa shape index (κ2) is 9.34. The highest BCUT2D eigenvalue weighted by Crippen LogP contribution is 2.41. The molecule has 0 fully saturated rings. The van der Waals surface area contributed by atoms with E-state index < -0.39 is 6.04 Å². The van der Waals surface area contributed by atoms with Gasteiger partial charge in [-0.3, -0.25) is 4.57 Å². The van der Waals surface area contributed by atoms with Gasteiger partial charge in [0.05, 0.1) is 43.0 Å². The third-order valence-electron chi connectivity index (χ3n) is 5.57. The third kappa shape index (κ3) is 3.90. The lowest BCUT2D eigenvalue weighted by Crippen LogP contribution is -2.28. The highest BCUT2D eigenvalue weighted by Gasteiger charge is 2.35. The Morgan fingerprint density at radius 3 is 2.69 bits per heavy atom. The number of esters is 1. The number of rotatable bonds is 8. The zero-order valence-corrected chi connectivity index (χ0v) is 19.0. The van der Waals surface area contributed by atoms with Gasteiger partial charge in [-0.1, -0.05) is 31.5 Å². The minimum Gasteiger partial charge on any atom is -0.490 e. The van der Waals surface area contributed by atoms with E-state index in [9.17, 15) is 4.79 Å². The molecule has 7 nitrogen and oxygen atoms in total. The number of ether oxygens (including phenoxy) is 3. The van der Waals surface area contributed by atoms with Crippen molar-refractivity contribution in [3.8, 4) is 11.5 Å². The minimum atomic E-state index is -0.421. The smallest absolute Gasteiger partial charge is 0.337 e. The number of nitrogens with one attached hydrogen (secondary N) is 1. The van der Waals surface area contributed by atoms with E-state index in [2.05, 4.69) is 12.2 Å². The standard InChI is InChI=1S/C25H29N3O4/c1-5-7-14-32-20-13-12-17(15-21(20)31-6-2)23-22(24(29)30-4)16(3)26-25-27-18-10-8-9-11-19(18)28(23)25/h8-13,15,23H,5-7,14H2,1-4H3,(H,26,27)/t23-/m1/s1. The van der Waals surface area contributed by atoms with Crippen molar-refractivity contribution in [2.45, 2.75) is 39.7 Å². The van der Waals surface area contributed by atoms with Gasteiger partial charge in [0, 0.05) is 5.70 Å². The summed E-state index contributed by atoms with van der Waals surface area (Å²) >= 11 is 0. The molecular formula is C25H29N3O4. The van der Waals surface area contributed by atoms with Crippen LogP contribution in [0.3, 0.4) is 0 Å². The number of hydrogen-bond acceptors (Lipinski definition) is 6. The Bertz CT molecular complexity index is 1170. The average Bonchev–Trinajstić information content (AvgIpc) is 3.16. The molecule has 1 N–H and O–H groups in total. The number of aromatic nitrogens is 2. The first-order valence-electron chi connectivity index (χ1n) is 11.0. The largest absolute Gasteiger partial charge is 0.490 e. The van der Waals surface area contributed by atoms with Crippen LogP contribution in [-0.2, 0) is 9.53 Å². The van der Waals surface area contributed by atoms with E-state index in [0.717, 1.165) is 29.4 Å². The SMILES string of the molecule is CCCCOc1ccc([C@@H]2C(C(=O)OC)=C(C)Nc3nc4ccccc4n32)cc1OCC. The monoisotopic (exact) mass is 435 g/mol. The molecule has 0 spiro atoms. The number of benzene rings is 2. The van der Waals surface area contributed by atoms with Gasteiger partial charge in [-0.2, -0.15) is 0 Å². The summed E-state index contributed by atoms with van der Waals surface area (Å²) in [6.07, 6.45) is 2.03. The second-order valence-corrected chi connectivity index (χ2v) is 7.69. The molecule has 2 heterocycles. The summed E-state index contributed by atoms with van der Waals surface area (Å²) < 4.78 is 19.1. The van der Waals surface area contributed by atoms with E-state index in [1.165, 1.54) is 7.11 Å². The molecule has 168 valence electrons. The van der Waals surface area contributed by atoms with Crippen molar-refractivity contribution >= 4 is 23.0 Å². The zero-order chi connectivity index (χ0) is 22.7. The van der Waals surface area contributed by atoms with Crippen molar-refractivity contribution < 1.29 is 19.0 Å². The lowest BCUT2D eigenvalue weighted by Gasteiger charge is -2.30. The highest BCUT2D eigenvalue weighted by molar-refractivity contribution is 5.94. The molecule has 0 unspecified atom stereocenters. The fourth-order valence-corrected chi connectivity index (χ4v) is 4.06. The van der Waals surface area contributed by atoms with Gasteiger partial charge < -0.3 is 19.5 Å². The molecule has 3 aromatic rings. The lowest BCUT2D eigenvalue weighted by molar-refractivity contribution is -0.136. The summed E-state index contributed by atoms with van der Waals surface area (Å²) in [5, 5.41) is 3.27. The summed E-state index contributed by atoms with van der Waals surface area (Å²) in [6, 6.07) is 13.3. The number of unbranched alkanes of at least 4 members (excludes halogenated alkanes) is 1. The molecule has 0 amide bonds. The van der Waals surface area contributed by atoms with Crippen molar-refractivity contribution in [1.82, 2.24) is 9.55 Å². The van der Waals surface area contributed by atoms with Crippen LogP contribution in [0.25, 0.3) is 11.0 Å². The Kier molecular flexibility index (Phi) is 6.35. The van der Waals surface area contributed by atoms with Crippen molar-refractivity contribution in [1.29, 1.82) is 0 Å². The van der Waals surface area contributed by atoms with Crippen LogP contribution in [0.15, 0.2) is 53.7 Å². The van der Waals surface area contributed by atoms with E-state index in [1.807, 2.05) is 60.9 Å². The van der Waals surface area contributed by atoms with E-state index in [4.69, 9.17) is 19.2 Å². The first kappa shape index (κ1) is 21.7. The number of fused-ring (bicyclic) bond motifs is 3. The van der Waals surface area contributed by atoms with Crippen LogP contribution in [0, 0.1) is 0 Å². The molecule has 0 radical (unpaired) electrons. The van der Waals surface area contributed by atoms with Gasteiger partial charge in [0.25, 0.3) is 0 Å². The second-order valence-electron chi connectivity index (χ2n) is 7.69. The Morgan fingerprint density at radius 1 is 1.12 bits per heavy atom. The van der Waals surface area contributed by atoms with E-state index >= 15 is 0 Å². The number of carbonyl (C=O) groups excluding carboxylic acids is 1. The zero-order valence-electron chi connectivity index (χ0n) is 19.0. The number of imidazole rings is 1. The molecule has 0 bridgehead atoms. The highest BCUT2D eigenvalue weighted by atomic mass is 16.5. The molecule has 1 aliphatic heterocycles. The fourth-order valence-electron chi connectivity index (χ4n) is 4.06. The number of anilines is 1. The number of allylic oxidation sites excluding steroid dienone is 1. The number of para-hydroxylation sites is 2. The van der Waals surface area contributed by atoms with Gasteiger partial charge in [-0.25, -0.2) is 9.78 Å². The maximum atomic E-state index is 12.9. The number of hydrogen-bond donors (Lipinski definition) is 1. The van der Waals surface area contributed by atoms with E-state index in [0.29, 0.717) is 41.9 Å². The minimum absolute atomic E-state index is 0.385. The average molecular weight is 436 g/mol. The lowest BCUT2D eigenvalue weighted by atomic mass is 9.94. The van der Waals surface area contributed by atoms with Crippen LogP contribution in [0.2, 0.25) is 0 Å². The maximum absolute atomic E-state index is 12.9. The Balaban J connectivity index is 1.87. The summed E-state index contributed by atoms with van der Waals surface area (Å²) in [7, 11) is 1.40. The molecule has 32 heavy (non-hydrogen) atoms. The first-order chi connectivity index (χ1) is 15.6. The van der Waals surface area contributed by atoms with Crippen LogP contribution in [0.4, 0.5) is 5.95 Å². The predicted octanol–water partition coefficient (Wildman–Crippen LogP) is 5.08. The number of nitrogens with zero attached hydrogens (tertiary/aromatic N) is 2. The summed E-state index contributed by atoms with van der Waals surface area (Å²) in [5.41, 5.74) is 3.91. The first-order valence-corrected chi connectivity index (χ1v) is 11.0. The molecule has 1 aromatic heterocycles. The molecule has 0 saturated heterocycles. The van der Waals surface area contributed by atoms with Crippen molar-refractivity contribution in [2.24, 2.45) is 0 Å². The fraction of sp³-hybridized carbons (Fsp3) is 0.360. The van der Waals surface area contributed by atoms with Gasteiger partial charge in [-0.05, 0) is 50.1 Å². The molecule has 1 atom stereocenters. The molecule has 7 heteroatoms. The van der Waals surface area contributed by atoms with Crippen LogP contribution in [-0.4, -0.2) is 35.8 Å². The van der Waals surface area contributed by atoms with E-state index in [1.54, 1.807) is 0 Å². The molecule has 0 aliphatic carbocycles. The van der Waals surface area contributed by atoms with Gasteiger partial charge in [-0.15, -0.1) is 0 Å². The van der Waals surface area contributed by atoms with Crippen LogP contribution in [0.1, 0.15) is 45.2 Å². The maximum Gasteiger partial charge on any atom is 0.337 e. The molecule has 4 rings (SSSR count). The van der Waals surface area contributed by atoms with Crippen LogP contribution < -0.4 is 14.8 Å². The Hall–Kier alpha value is -3.48. The van der Waals surface area contributed by atoms with Crippen molar-refractivity contribution in [3.63, 3.8) is 0 Å². The van der Waals surface area contributed by atoms with Crippen LogP contribution in [0.5, 0.6) is 11.5 Å². The van der Waals surface area contributed by atoms with Crippen molar-refractivity contribution in [3.05, 3.63) is 59.3 Å². The van der Waals surface area contributed by atoms with Gasteiger partial charge >= 0.3 is 5.97 Å². The van der Waals surface area contributed by atoms with E-state index in [-0.39, 0.29) is 5.97 Å². The Morgan fingerprint density at radius 2 is 1.94 bits per heavy atom. The third-order valence-corrected chi connectivity index (χ3v) is 5.57. The summed E-state index contributed by atoms with van der Waals surface area (Å²) in [6.45, 7) is 7.08. The van der Waals surface area contributed by atoms with Gasteiger partial charge in [0.15, 0.2) is 11.5 Å². The number of methoxy groups -OCH3 is 1. The predicted molar refractivity (Wildman–Crippen MR) is 124 cm³/mol. The molecule has 0 saturated carbocycles. The quantitative estimate of drug-likeness (QED) is 0.393. The molecular weight excluding hydrogens is 406 g/mol. The number of carbonyl (C=O) groups is 1. The summed E-state index contributed by atoms with van der Waals surface area (Å²) in [5.74, 6) is 1.66. The van der Waals surface area contributed by atoms with Crippen LogP contribution >= 0.6 is 0 Å². The Labute approximate surface area is 188 Å². The van der Waals surface area contributed by atoms with Gasteiger partial charge in [0.2, 0.25) is 5.95 Å². The molecule has 1 aliphatic rings.